The molecule has 0 fully saturated rings. The summed E-state index contributed by atoms with van der Waals surface area (Å²) in [4.78, 5) is 22.6. The first-order chi connectivity index (χ1) is 8.60. The number of aliphatic hydroxyl groups excluding tert-OH is 1. The summed E-state index contributed by atoms with van der Waals surface area (Å²) in [6.45, 7) is -0.409. The number of carboxylic acid groups (broad SMARTS) is 1. The van der Waals surface area contributed by atoms with E-state index in [9.17, 15) is 9.59 Å². The van der Waals surface area contributed by atoms with Crippen molar-refractivity contribution in [1.29, 1.82) is 0 Å². The minimum Gasteiger partial charge on any atom is -0.480 e. The number of hydrogen-bond donors (Lipinski definition) is 3. The van der Waals surface area contributed by atoms with Crippen LogP contribution in [0.1, 0.15) is 15.9 Å². The van der Waals surface area contributed by atoms with Gasteiger partial charge in [0.25, 0.3) is 5.91 Å². The van der Waals surface area contributed by atoms with E-state index in [4.69, 9.17) is 14.9 Å². The first-order valence-corrected chi connectivity index (χ1v) is 5.31. The van der Waals surface area contributed by atoms with Gasteiger partial charge in [-0.15, -0.1) is 0 Å². The van der Waals surface area contributed by atoms with E-state index in [0.717, 1.165) is 0 Å². The molecule has 98 valence electrons. The molecule has 0 aromatic heterocycles. The van der Waals surface area contributed by atoms with Crippen LogP contribution in [0.25, 0.3) is 0 Å². The van der Waals surface area contributed by atoms with Gasteiger partial charge in [0.1, 0.15) is 0 Å². The van der Waals surface area contributed by atoms with Crippen LogP contribution in [0.5, 0.6) is 0 Å². The molecule has 0 saturated carbocycles. The minimum atomic E-state index is -1.31. The van der Waals surface area contributed by atoms with Gasteiger partial charge in [-0.25, -0.2) is 4.79 Å². The zero-order valence-corrected chi connectivity index (χ0v) is 9.92. The quantitative estimate of drug-likeness (QED) is 0.663. The fourth-order valence-corrected chi connectivity index (χ4v) is 1.44. The van der Waals surface area contributed by atoms with E-state index in [1.807, 2.05) is 0 Å². The first kappa shape index (κ1) is 14.1. The standard InChI is InChI=1S/C12H15NO5/c1-18-7-8-4-2-3-5-9(8)11(15)13-10(6-14)12(16)17/h2-5,10,14H,6-7H2,1H3,(H,13,15)(H,16,17). The van der Waals surface area contributed by atoms with Crippen LogP contribution in [0.2, 0.25) is 0 Å². The van der Waals surface area contributed by atoms with Crippen molar-refractivity contribution in [2.24, 2.45) is 0 Å². The summed E-state index contributed by atoms with van der Waals surface area (Å²) in [6, 6.07) is 5.40. The van der Waals surface area contributed by atoms with Crippen LogP contribution in [0.3, 0.4) is 0 Å². The summed E-state index contributed by atoms with van der Waals surface area (Å²) in [5, 5.41) is 19.8. The number of nitrogens with one attached hydrogen (secondary N) is 1. The molecule has 0 saturated heterocycles. The number of carboxylic acids is 1. The number of amides is 1. The summed E-state index contributed by atoms with van der Waals surface area (Å²) < 4.78 is 4.95. The minimum absolute atomic E-state index is 0.250. The van der Waals surface area contributed by atoms with Crippen LogP contribution < -0.4 is 5.32 Å². The van der Waals surface area contributed by atoms with Gasteiger partial charge >= 0.3 is 5.97 Å². The summed E-state index contributed by atoms with van der Waals surface area (Å²) >= 11 is 0. The lowest BCUT2D eigenvalue weighted by Crippen LogP contribution is -2.43. The highest BCUT2D eigenvalue weighted by Crippen LogP contribution is 2.10. The van der Waals surface area contributed by atoms with Gasteiger partial charge in [0, 0.05) is 12.7 Å². The molecule has 1 aromatic carbocycles. The Kier molecular flexibility index (Phi) is 5.29. The molecule has 1 amide bonds. The molecule has 1 unspecified atom stereocenters. The van der Waals surface area contributed by atoms with E-state index in [1.165, 1.54) is 7.11 Å². The number of rotatable bonds is 6. The topological polar surface area (TPSA) is 95.9 Å². The normalized spacial score (nSPS) is 11.9. The zero-order valence-electron chi connectivity index (χ0n) is 9.92. The van der Waals surface area contributed by atoms with Gasteiger partial charge in [-0.2, -0.15) is 0 Å². The second-order valence-electron chi connectivity index (χ2n) is 3.64. The van der Waals surface area contributed by atoms with Crippen LogP contribution in [0.4, 0.5) is 0 Å². The van der Waals surface area contributed by atoms with E-state index in [0.29, 0.717) is 11.1 Å². The van der Waals surface area contributed by atoms with Crippen LogP contribution in [0, 0.1) is 0 Å². The maximum absolute atomic E-state index is 11.9. The fourth-order valence-electron chi connectivity index (χ4n) is 1.44. The number of aliphatic carboxylic acids is 1. The Balaban J connectivity index is 2.86. The Morgan fingerprint density at radius 3 is 2.61 bits per heavy atom. The summed E-state index contributed by atoms with van der Waals surface area (Å²) in [5.74, 6) is -1.83. The van der Waals surface area contributed by atoms with Crippen molar-refractivity contribution >= 4 is 11.9 Å². The SMILES string of the molecule is COCc1ccccc1C(=O)NC(CO)C(=O)O. The third kappa shape index (κ3) is 3.54. The molecule has 1 aromatic rings. The van der Waals surface area contributed by atoms with Crippen molar-refractivity contribution in [3.63, 3.8) is 0 Å². The van der Waals surface area contributed by atoms with E-state index >= 15 is 0 Å². The van der Waals surface area contributed by atoms with Crippen molar-refractivity contribution < 1.29 is 24.5 Å². The van der Waals surface area contributed by atoms with Crippen molar-refractivity contribution in [2.75, 3.05) is 13.7 Å². The number of carbonyl (C=O) groups excluding carboxylic acids is 1. The molecule has 6 nitrogen and oxygen atoms in total. The van der Waals surface area contributed by atoms with Gasteiger partial charge in [0.15, 0.2) is 6.04 Å². The Labute approximate surface area is 104 Å². The maximum atomic E-state index is 11.9. The number of ether oxygens (including phenoxy) is 1. The molecule has 0 aliphatic rings. The van der Waals surface area contributed by atoms with E-state index in [-0.39, 0.29) is 6.61 Å². The van der Waals surface area contributed by atoms with Crippen molar-refractivity contribution in [3.8, 4) is 0 Å². The second-order valence-corrected chi connectivity index (χ2v) is 3.64. The molecule has 0 bridgehead atoms. The van der Waals surface area contributed by atoms with Gasteiger partial charge in [0.05, 0.1) is 13.2 Å². The van der Waals surface area contributed by atoms with E-state index in [2.05, 4.69) is 5.32 Å². The average Bonchev–Trinajstić information content (AvgIpc) is 2.36. The Bertz CT molecular complexity index is 432. The Morgan fingerprint density at radius 1 is 1.39 bits per heavy atom. The monoisotopic (exact) mass is 253 g/mol. The Morgan fingerprint density at radius 2 is 2.06 bits per heavy atom. The molecular formula is C12H15NO5. The Hall–Kier alpha value is -1.92. The molecular weight excluding hydrogens is 238 g/mol. The lowest BCUT2D eigenvalue weighted by Gasteiger charge is -2.13. The summed E-state index contributed by atoms with van der Waals surface area (Å²) in [7, 11) is 1.50. The van der Waals surface area contributed by atoms with Gasteiger partial charge in [0.2, 0.25) is 0 Å². The number of carbonyl (C=O) groups is 2. The maximum Gasteiger partial charge on any atom is 0.328 e. The van der Waals surface area contributed by atoms with Gasteiger partial charge in [-0.3, -0.25) is 4.79 Å². The van der Waals surface area contributed by atoms with Crippen molar-refractivity contribution in [1.82, 2.24) is 5.32 Å². The fraction of sp³-hybridized carbons (Fsp3) is 0.333. The third-order valence-electron chi connectivity index (χ3n) is 2.35. The largest absolute Gasteiger partial charge is 0.480 e. The third-order valence-corrected chi connectivity index (χ3v) is 2.35. The molecule has 0 radical (unpaired) electrons. The predicted molar refractivity (Wildman–Crippen MR) is 63.1 cm³/mol. The number of methoxy groups -OCH3 is 1. The van der Waals surface area contributed by atoms with E-state index in [1.54, 1.807) is 24.3 Å². The molecule has 1 rings (SSSR count). The lowest BCUT2D eigenvalue weighted by molar-refractivity contribution is -0.140. The molecule has 0 heterocycles. The number of benzene rings is 1. The van der Waals surface area contributed by atoms with Crippen LogP contribution in [-0.4, -0.2) is 41.8 Å². The second kappa shape index (κ2) is 6.73. The molecule has 1 atom stereocenters. The molecule has 3 N–H and O–H groups in total. The van der Waals surface area contributed by atoms with Gasteiger partial charge in [-0.1, -0.05) is 18.2 Å². The van der Waals surface area contributed by atoms with E-state index < -0.39 is 24.5 Å². The van der Waals surface area contributed by atoms with Crippen molar-refractivity contribution in [2.45, 2.75) is 12.6 Å². The molecule has 0 spiro atoms. The highest BCUT2D eigenvalue weighted by atomic mass is 16.5. The number of hydrogen-bond acceptors (Lipinski definition) is 4. The summed E-state index contributed by atoms with van der Waals surface area (Å²) in [6.07, 6.45) is 0. The predicted octanol–water partition coefficient (Wildman–Crippen LogP) is 0.00830. The van der Waals surface area contributed by atoms with Crippen LogP contribution in [-0.2, 0) is 16.1 Å². The summed E-state index contributed by atoms with van der Waals surface area (Å²) in [5.41, 5.74) is 0.985. The first-order valence-electron chi connectivity index (χ1n) is 5.31. The smallest absolute Gasteiger partial charge is 0.328 e. The number of aliphatic hydroxyl groups is 1. The van der Waals surface area contributed by atoms with Crippen LogP contribution in [0.15, 0.2) is 24.3 Å². The van der Waals surface area contributed by atoms with Gasteiger partial charge in [-0.05, 0) is 11.6 Å². The van der Waals surface area contributed by atoms with Crippen LogP contribution >= 0.6 is 0 Å². The van der Waals surface area contributed by atoms with Gasteiger partial charge < -0.3 is 20.3 Å². The average molecular weight is 253 g/mol. The lowest BCUT2D eigenvalue weighted by atomic mass is 10.1. The molecule has 18 heavy (non-hydrogen) atoms. The molecule has 0 aliphatic carbocycles. The van der Waals surface area contributed by atoms with Crippen molar-refractivity contribution in [3.05, 3.63) is 35.4 Å². The molecule has 6 heteroatoms. The molecule has 0 aliphatic heterocycles. The zero-order chi connectivity index (χ0) is 13.5. The highest BCUT2D eigenvalue weighted by Gasteiger charge is 2.20. The highest BCUT2D eigenvalue weighted by molar-refractivity contribution is 5.97.